The van der Waals surface area contributed by atoms with E-state index in [1.807, 2.05) is 48.6 Å². The van der Waals surface area contributed by atoms with Crippen LogP contribution in [0.5, 0.6) is 0 Å². The molecule has 0 aliphatic carbocycles. The fourth-order valence-electron chi connectivity index (χ4n) is 2.98. The monoisotopic (exact) mass is 454 g/mol. The van der Waals surface area contributed by atoms with Gasteiger partial charge in [-0.2, -0.15) is 0 Å². The van der Waals surface area contributed by atoms with Crippen LogP contribution in [0.25, 0.3) is 17.3 Å². The first kappa shape index (κ1) is 23.1. The van der Waals surface area contributed by atoms with Crippen molar-refractivity contribution in [3.63, 3.8) is 0 Å². The van der Waals surface area contributed by atoms with Crippen LogP contribution in [0.3, 0.4) is 0 Å². The molecular weight excluding hydrogens is 432 g/mol. The number of anilines is 1. The first-order valence-electron chi connectivity index (χ1n) is 9.98. The van der Waals surface area contributed by atoms with Crippen molar-refractivity contribution in [1.82, 2.24) is 5.16 Å². The smallest absolute Gasteiger partial charge is 0.412 e. The molecule has 8 heteroatoms. The van der Waals surface area contributed by atoms with E-state index < -0.39 is 12.2 Å². The van der Waals surface area contributed by atoms with Crippen molar-refractivity contribution in [3.8, 4) is 11.3 Å². The molecule has 0 saturated heterocycles. The zero-order valence-corrected chi connectivity index (χ0v) is 18.5. The summed E-state index contributed by atoms with van der Waals surface area (Å²) in [6, 6.07) is 14.7. The molecule has 0 aliphatic heterocycles. The molecule has 1 N–H and O–H groups in total. The molecule has 1 amide bonds. The quantitative estimate of drug-likeness (QED) is 0.403. The van der Waals surface area contributed by atoms with E-state index in [2.05, 4.69) is 15.2 Å². The zero-order valence-electron chi connectivity index (χ0n) is 17.7. The van der Waals surface area contributed by atoms with E-state index in [4.69, 9.17) is 20.9 Å². The van der Waals surface area contributed by atoms with Crippen LogP contribution in [-0.2, 0) is 14.3 Å². The molecule has 32 heavy (non-hydrogen) atoms. The van der Waals surface area contributed by atoms with Gasteiger partial charge in [0, 0.05) is 22.6 Å². The van der Waals surface area contributed by atoms with E-state index in [1.54, 1.807) is 19.1 Å². The second-order valence-corrected chi connectivity index (χ2v) is 7.32. The largest absolute Gasteiger partial charge is 0.469 e. The maximum absolute atomic E-state index is 12.4. The molecule has 2 aromatic carbocycles. The van der Waals surface area contributed by atoms with Gasteiger partial charge in [-0.3, -0.25) is 10.1 Å². The molecule has 0 spiro atoms. The van der Waals surface area contributed by atoms with Crippen molar-refractivity contribution < 1.29 is 23.6 Å². The number of amides is 1. The number of esters is 1. The van der Waals surface area contributed by atoms with Crippen LogP contribution in [0, 0.1) is 0 Å². The molecular formula is C24H23ClN2O5. The molecule has 0 fully saturated rings. The Balaban J connectivity index is 1.61. The van der Waals surface area contributed by atoms with Gasteiger partial charge in [0.15, 0.2) is 0 Å². The highest BCUT2D eigenvalue weighted by Crippen LogP contribution is 2.29. The number of carbonyl (C=O) groups excluding carboxylic acids is 2. The van der Waals surface area contributed by atoms with E-state index in [9.17, 15) is 9.59 Å². The van der Waals surface area contributed by atoms with Gasteiger partial charge in [-0.15, -0.1) is 0 Å². The Labute approximate surface area is 191 Å². The molecule has 0 radical (unpaired) electrons. The summed E-state index contributed by atoms with van der Waals surface area (Å²) in [7, 11) is 1.37. The number of hydrogen-bond donors (Lipinski definition) is 1. The van der Waals surface area contributed by atoms with Crippen LogP contribution < -0.4 is 5.32 Å². The van der Waals surface area contributed by atoms with Crippen molar-refractivity contribution >= 4 is 35.4 Å². The third kappa shape index (κ3) is 6.21. The Morgan fingerprint density at radius 1 is 1.19 bits per heavy atom. The number of allylic oxidation sites excluding steroid dienone is 1. The second-order valence-electron chi connectivity index (χ2n) is 6.91. The Morgan fingerprint density at radius 2 is 1.94 bits per heavy atom. The summed E-state index contributed by atoms with van der Waals surface area (Å²) in [5.74, 6) is -0.240. The number of aromatic nitrogens is 1. The molecule has 1 aromatic heterocycles. The van der Waals surface area contributed by atoms with Gasteiger partial charge in [-0.25, -0.2) is 4.79 Å². The number of ether oxygens (including phenoxy) is 2. The SMILES string of the molecule is COC(=O)CCC=Cc1ccc(-c2nocc2NC(=O)O[C@H](C)c2ccccc2Cl)cc1. The number of nitrogens with one attached hydrogen (secondary N) is 1. The van der Waals surface area contributed by atoms with Gasteiger partial charge in [0.2, 0.25) is 0 Å². The normalized spacial score (nSPS) is 11.8. The number of rotatable bonds is 8. The Hall–Kier alpha value is -3.58. The highest BCUT2D eigenvalue weighted by molar-refractivity contribution is 6.31. The fraction of sp³-hybridized carbons (Fsp3) is 0.208. The van der Waals surface area contributed by atoms with Crippen molar-refractivity contribution in [2.75, 3.05) is 12.4 Å². The number of nitrogens with zero attached hydrogens (tertiary/aromatic N) is 1. The third-order valence-electron chi connectivity index (χ3n) is 4.67. The summed E-state index contributed by atoms with van der Waals surface area (Å²) in [5, 5.41) is 7.18. The molecule has 0 bridgehead atoms. The highest BCUT2D eigenvalue weighted by Gasteiger charge is 2.18. The molecule has 0 aliphatic rings. The number of hydrogen-bond acceptors (Lipinski definition) is 6. The molecule has 0 saturated carbocycles. The van der Waals surface area contributed by atoms with E-state index in [-0.39, 0.29) is 5.97 Å². The number of carbonyl (C=O) groups is 2. The van der Waals surface area contributed by atoms with Crippen LogP contribution in [-0.4, -0.2) is 24.3 Å². The summed E-state index contributed by atoms with van der Waals surface area (Å²) in [4.78, 5) is 23.5. The molecule has 3 aromatic rings. The molecule has 1 atom stereocenters. The lowest BCUT2D eigenvalue weighted by molar-refractivity contribution is -0.140. The Morgan fingerprint density at radius 3 is 2.66 bits per heavy atom. The van der Waals surface area contributed by atoms with Crippen molar-refractivity contribution in [3.05, 3.63) is 77.0 Å². The molecule has 0 unspecified atom stereocenters. The summed E-state index contributed by atoms with van der Waals surface area (Å²) < 4.78 is 15.1. The lowest BCUT2D eigenvalue weighted by atomic mass is 10.1. The van der Waals surface area contributed by atoms with E-state index in [0.717, 1.165) is 11.1 Å². The third-order valence-corrected chi connectivity index (χ3v) is 5.01. The van der Waals surface area contributed by atoms with Gasteiger partial charge in [0.1, 0.15) is 23.7 Å². The van der Waals surface area contributed by atoms with Crippen molar-refractivity contribution in [2.45, 2.75) is 25.9 Å². The number of methoxy groups -OCH3 is 1. The van der Waals surface area contributed by atoms with Gasteiger partial charge in [-0.05, 0) is 25.0 Å². The lowest BCUT2D eigenvalue weighted by Gasteiger charge is -2.15. The first-order valence-corrected chi connectivity index (χ1v) is 10.4. The van der Waals surface area contributed by atoms with Gasteiger partial charge in [0.25, 0.3) is 0 Å². The minimum absolute atomic E-state index is 0.240. The van der Waals surface area contributed by atoms with Crippen LogP contribution >= 0.6 is 11.6 Å². The topological polar surface area (TPSA) is 90.7 Å². The molecule has 1 heterocycles. The average molecular weight is 455 g/mol. The summed E-state index contributed by atoms with van der Waals surface area (Å²) in [5.41, 5.74) is 3.31. The van der Waals surface area contributed by atoms with Gasteiger partial charge in [-0.1, -0.05) is 71.4 Å². The fourth-order valence-corrected chi connectivity index (χ4v) is 3.27. The lowest BCUT2D eigenvalue weighted by Crippen LogP contribution is -2.16. The number of halogens is 1. The maximum Gasteiger partial charge on any atom is 0.412 e. The highest BCUT2D eigenvalue weighted by atomic mass is 35.5. The van der Waals surface area contributed by atoms with Crippen molar-refractivity contribution in [2.24, 2.45) is 0 Å². The summed E-state index contributed by atoms with van der Waals surface area (Å²) >= 11 is 6.16. The molecule has 3 rings (SSSR count). The van der Waals surface area contributed by atoms with E-state index >= 15 is 0 Å². The minimum atomic E-state index is -0.646. The van der Waals surface area contributed by atoms with Gasteiger partial charge < -0.3 is 14.0 Å². The van der Waals surface area contributed by atoms with Crippen LogP contribution in [0.4, 0.5) is 10.5 Å². The molecule has 166 valence electrons. The van der Waals surface area contributed by atoms with Gasteiger partial charge >= 0.3 is 12.1 Å². The maximum atomic E-state index is 12.4. The standard InChI is InChI=1S/C24H23ClN2O5/c1-16(19-8-4-5-9-20(19)25)32-24(29)26-21-15-31-27-23(21)18-13-11-17(12-14-18)7-3-6-10-22(28)30-2/h3-5,7-9,11-16H,6,10H2,1-2H3,(H,26,29)/t16-/m1/s1. The minimum Gasteiger partial charge on any atom is -0.469 e. The van der Waals surface area contributed by atoms with Crippen LogP contribution in [0.2, 0.25) is 5.02 Å². The Kier molecular flexibility index (Phi) is 8.05. The van der Waals surface area contributed by atoms with E-state index in [1.165, 1.54) is 13.4 Å². The molecule has 7 nitrogen and oxygen atoms in total. The van der Waals surface area contributed by atoms with Crippen LogP contribution in [0.15, 0.2) is 65.4 Å². The Bertz CT molecular complexity index is 1090. The average Bonchev–Trinajstić information content (AvgIpc) is 3.25. The summed E-state index contributed by atoms with van der Waals surface area (Å²) in [6.07, 6.45) is 4.93. The first-order chi connectivity index (χ1) is 15.5. The number of benzene rings is 2. The van der Waals surface area contributed by atoms with Crippen molar-refractivity contribution in [1.29, 1.82) is 0 Å². The predicted molar refractivity (Wildman–Crippen MR) is 122 cm³/mol. The zero-order chi connectivity index (χ0) is 22.9. The predicted octanol–water partition coefficient (Wildman–Crippen LogP) is 6.27. The second kappa shape index (κ2) is 11.2. The van der Waals surface area contributed by atoms with Gasteiger partial charge in [0.05, 0.1) is 7.11 Å². The van der Waals surface area contributed by atoms with Crippen LogP contribution in [0.1, 0.15) is 37.0 Å². The van der Waals surface area contributed by atoms with E-state index in [0.29, 0.717) is 34.8 Å². The summed E-state index contributed by atoms with van der Waals surface area (Å²) in [6.45, 7) is 1.74.